The Kier molecular flexibility index (Phi) is 2.64. The van der Waals surface area contributed by atoms with E-state index in [9.17, 15) is 4.79 Å². The van der Waals surface area contributed by atoms with Gasteiger partial charge in [-0.15, -0.1) is 12.4 Å². The lowest BCUT2D eigenvalue weighted by Gasteiger charge is -2.35. The van der Waals surface area contributed by atoms with Crippen molar-refractivity contribution in [2.45, 2.75) is 25.3 Å². The first-order valence-electron chi connectivity index (χ1n) is 4.04. The van der Waals surface area contributed by atoms with E-state index in [0.29, 0.717) is 12.5 Å². The summed E-state index contributed by atoms with van der Waals surface area (Å²) in [6.07, 6.45) is 2.94. The normalized spacial score (nSPS) is 36.6. The lowest BCUT2D eigenvalue weighted by Crippen LogP contribution is -2.35. The van der Waals surface area contributed by atoms with Crippen molar-refractivity contribution >= 4 is 18.4 Å². The van der Waals surface area contributed by atoms with Crippen LogP contribution in [0.25, 0.3) is 0 Å². The quantitative estimate of drug-likeness (QED) is 0.654. The minimum Gasteiger partial charge on any atom is -0.469 e. The second-order valence-corrected chi connectivity index (χ2v) is 3.74. The maximum Gasteiger partial charge on any atom is 0.306 e. The summed E-state index contributed by atoms with van der Waals surface area (Å²) in [6.45, 7) is 1.01. The molecule has 2 aliphatic heterocycles. The van der Waals surface area contributed by atoms with Gasteiger partial charge in [0.15, 0.2) is 0 Å². The van der Waals surface area contributed by atoms with Crippen LogP contribution >= 0.6 is 12.4 Å². The Balaban J connectivity index is 0.000000720. The molecular formula is C8H14ClNO2. The molecule has 0 amide bonds. The zero-order valence-electron chi connectivity index (χ0n) is 7.13. The molecule has 0 aromatic carbocycles. The summed E-state index contributed by atoms with van der Waals surface area (Å²) in [6, 6.07) is 0.694. The van der Waals surface area contributed by atoms with Crippen molar-refractivity contribution in [3.05, 3.63) is 0 Å². The third-order valence-electron chi connectivity index (χ3n) is 2.87. The van der Waals surface area contributed by atoms with Gasteiger partial charge in [-0.3, -0.25) is 4.79 Å². The van der Waals surface area contributed by atoms with Gasteiger partial charge in [-0.25, -0.2) is 0 Å². The smallest absolute Gasteiger partial charge is 0.306 e. The highest BCUT2D eigenvalue weighted by molar-refractivity contribution is 5.85. The number of nitrogens with one attached hydrogen (secondary N) is 1. The molecule has 2 saturated heterocycles. The number of ether oxygens (including phenoxy) is 1. The van der Waals surface area contributed by atoms with E-state index in [2.05, 4.69) is 10.1 Å². The third-order valence-corrected chi connectivity index (χ3v) is 2.87. The average Bonchev–Trinajstić information content (AvgIpc) is 2.45. The second-order valence-electron chi connectivity index (χ2n) is 3.74. The van der Waals surface area contributed by atoms with Crippen molar-refractivity contribution < 1.29 is 9.53 Å². The van der Waals surface area contributed by atoms with Gasteiger partial charge in [0.05, 0.1) is 13.5 Å². The highest BCUT2D eigenvalue weighted by atomic mass is 35.5. The molecular weight excluding hydrogens is 178 g/mol. The molecule has 12 heavy (non-hydrogen) atoms. The molecule has 2 bridgehead atoms. The summed E-state index contributed by atoms with van der Waals surface area (Å²) >= 11 is 0. The highest BCUT2D eigenvalue weighted by Gasteiger charge is 2.51. The molecule has 0 radical (unpaired) electrons. The van der Waals surface area contributed by atoms with Gasteiger partial charge in [0, 0.05) is 12.6 Å². The maximum absolute atomic E-state index is 10.9. The molecule has 0 unspecified atom stereocenters. The van der Waals surface area contributed by atoms with Crippen molar-refractivity contribution in [2.24, 2.45) is 5.41 Å². The fraction of sp³-hybridized carbons (Fsp3) is 0.875. The highest BCUT2D eigenvalue weighted by Crippen LogP contribution is 2.48. The average molecular weight is 192 g/mol. The van der Waals surface area contributed by atoms with Crippen LogP contribution in [0.4, 0.5) is 0 Å². The molecule has 0 aromatic rings. The summed E-state index contributed by atoms with van der Waals surface area (Å²) in [5.41, 5.74) is 0.276. The van der Waals surface area contributed by atoms with Crippen molar-refractivity contribution in [1.29, 1.82) is 0 Å². The molecule has 1 saturated carbocycles. The predicted molar refractivity (Wildman–Crippen MR) is 47.3 cm³/mol. The molecule has 3 fully saturated rings. The first-order chi connectivity index (χ1) is 5.24. The van der Waals surface area contributed by atoms with E-state index in [1.165, 1.54) is 20.0 Å². The van der Waals surface area contributed by atoms with E-state index in [0.717, 1.165) is 6.54 Å². The fourth-order valence-electron chi connectivity index (χ4n) is 2.22. The van der Waals surface area contributed by atoms with Crippen LogP contribution in [0.1, 0.15) is 19.3 Å². The zero-order valence-corrected chi connectivity index (χ0v) is 7.95. The van der Waals surface area contributed by atoms with Crippen molar-refractivity contribution in [2.75, 3.05) is 13.7 Å². The molecule has 0 aromatic heterocycles. The van der Waals surface area contributed by atoms with Crippen LogP contribution in [0, 0.1) is 5.41 Å². The number of rotatable bonds is 2. The number of hydrogen-bond donors (Lipinski definition) is 1. The Hall–Kier alpha value is -0.280. The molecule has 70 valence electrons. The van der Waals surface area contributed by atoms with E-state index >= 15 is 0 Å². The minimum absolute atomic E-state index is 0. The molecule has 2 heterocycles. The van der Waals surface area contributed by atoms with Gasteiger partial charge in [0.2, 0.25) is 0 Å². The van der Waals surface area contributed by atoms with Gasteiger partial charge < -0.3 is 10.1 Å². The fourth-order valence-corrected chi connectivity index (χ4v) is 2.22. The Morgan fingerprint density at radius 2 is 2.33 bits per heavy atom. The summed E-state index contributed by atoms with van der Waals surface area (Å²) in [5, 5.41) is 3.36. The Labute approximate surface area is 78.3 Å². The topological polar surface area (TPSA) is 38.3 Å². The number of methoxy groups -OCH3 is 1. The predicted octanol–water partition coefficient (Wildman–Crippen LogP) is 0.723. The van der Waals surface area contributed by atoms with Crippen LogP contribution in [0.3, 0.4) is 0 Å². The summed E-state index contributed by atoms with van der Waals surface area (Å²) in [5.74, 6) is -0.0628. The first kappa shape index (κ1) is 9.81. The standard InChI is InChI=1S/C8H13NO2.ClH/c1-11-7(10)4-8-2-6(3-8)9-5-8;/h6,9H,2-5H2,1H3;1H. The third kappa shape index (κ3) is 1.43. The maximum atomic E-state index is 10.9. The molecule has 3 rings (SSSR count). The van der Waals surface area contributed by atoms with E-state index in [1.807, 2.05) is 0 Å². The lowest BCUT2D eigenvalue weighted by molar-refractivity contribution is -0.144. The summed E-state index contributed by atoms with van der Waals surface area (Å²) in [7, 11) is 1.46. The molecule has 0 atom stereocenters. The van der Waals surface area contributed by atoms with Gasteiger partial charge in [-0.05, 0) is 18.3 Å². The van der Waals surface area contributed by atoms with E-state index in [1.54, 1.807) is 0 Å². The van der Waals surface area contributed by atoms with Crippen molar-refractivity contribution in [1.82, 2.24) is 5.32 Å². The van der Waals surface area contributed by atoms with E-state index < -0.39 is 0 Å². The second kappa shape index (κ2) is 3.23. The molecule has 1 N–H and O–H groups in total. The number of esters is 1. The molecule has 0 spiro atoms. The van der Waals surface area contributed by atoms with Crippen LogP contribution in [0.5, 0.6) is 0 Å². The van der Waals surface area contributed by atoms with Gasteiger partial charge in [0.1, 0.15) is 0 Å². The lowest BCUT2D eigenvalue weighted by atomic mass is 9.68. The SMILES string of the molecule is COC(=O)CC12CNC(C1)C2.Cl. The van der Waals surface area contributed by atoms with Crippen LogP contribution in [-0.2, 0) is 9.53 Å². The Morgan fingerprint density at radius 1 is 1.67 bits per heavy atom. The monoisotopic (exact) mass is 191 g/mol. The van der Waals surface area contributed by atoms with E-state index in [4.69, 9.17) is 0 Å². The Morgan fingerprint density at radius 3 is 2.75 bits per heavy atom. The Bertz CT molecular complexity index is 184. The zero-order chi connectivity index (χ0) is 7.90. The molecule has 4 heteroatoms. The number of hydrogen-bond acceptors (Lipinski definition) is 3. The summed E-state index contributed by atoms with van der Waals surface area (Å²) in [4.78, 5) is 10.9. The van der Waals surface area contributed by atoms with Crippen LogP contribution < -0.4 is 5.32 Å². The molecule has 3 aliphatic rings. The first-order valence-corrected chi connectivity index (χ1v) is 4.04. The van der Waals surface area contributed by atoms with Gasteiger partial charge in [-0.2, -0.15) is 0 Å². The number of fused-ring (bicyclic) bond motifs is 1. The number of carbonyl (C=O) groups excluding carboxylic acids is 1. The number of halogens is 1. The van der Waals surface area contributed by atoms with Crippen molar-refractivity contribution in [3.8, 4) is 0 Å². The minimum atomic E-state index is -0.0628. The van der Waals surface area contributed by atoms with E-state index in [-0.39, 0.29) is 23.8 Å². The van der Waals surface area contributed by atoms with Gasteiger partial charge in [0.25, 0.3) is 0 Å². The van der Waals surface area contributed by atoms with Gasteiger partial charge in [-0.1, -0.05) is 0 Å². The summed E-state index contributed by atoms with van der Waals surface area (Å²) < 4.78 is 4.64. The van der Waals surface area contributed by atoms with Crippen LogP contribution in [0.15, 0.2) is 0 Å². The largest absolute Gasteiger partial charge is 0.469 e. The van der Waals surface area contributed by atoms with Crippen molar-refractivity contribution in [3.63, 3.8) is 0 Å². The van der Waals surface area contributed by atoms with Crippen LogP contribution in [-0.4, -0.2) is 25.7 Å². The van der Waals surface area contributed by atoms with Gasteiger partial charge >= 0.3 is 5.97 Å². The molecule has 3 nitrogen and oxygen atoms in total. The molecule has 1 aliphatic carbocycles. The van der Waals surface area contributed by atoms with Crippen LogP contribution in [0.2, 0.25) is 0 Å². The number of carbonyl (C=O) groups is 1.